The molecule has 0 amide bonds. The summed E-state index contributed by atoms with van der Waals surface area (Å²) in [5.41, 5.74) is -0.433. The van der Waals surface area contributed by atoms with Gasteiger partial charge in [0.25, 0.3) is 0 Å². The van der Waals surface area contributed by atoms with Crippen molar-refractivity contribution in [1.82, 2.24) is 4.72 Å². The van der Waals surface area contributed by atoms with E-state index in [-0.39, 0.29) is 10.9 Å². The highest BCUT2D eigenvalue weighted by atomic mass is 32.2. The number of hydrogen-bond acceptors (Lipinski definition) is 4. The van der Waals surface area contributed by atoms with E-state index in [0.29, 0.717) is 18.8 Å². The Morgan fingerprint density at radius 1 is 1.33 bits per heavy atom. The van der Waals surface area contributed by atoms with Gasteiger partial charge in [0.1, 0.15) is 5.75 Å². The fraction of sp³-hybridized carbons (Fsp3) is 0.600. The molecule has 0 saturated heterocycles. The SMILES string of the molecule is CCCOc1ccc(S(=O)(=O)NC2CC(O)C2(C)C)cc1. The molecule has 21 heavy (non-hydrogen) atoms. The number of sulfonamides is 1. The maximum Gasteiger partial charge on any atom is 0.240 e. The Kier molecular flexibility index (Phi) is 4.60. The standard InChI is InChI=1S/C15H23NO4S/c1-4-9-20-11-5-7-12(8-6-11)21(18,19)16-13-10-14(17)15(13,2)3/h5-8,13-14,16-17H,4,9-10H2,1-3H3. The Balaban J connectivity index is 2.06. The zero-order chi connectivity index (χ0) is 15.7. The fourth-order valence-corrected chi connectivity index (χ4v) is 3.70. The van der Waals surface area contributed by atoms with E-state index in [4.69, 9.17) is 4.74 Å². The first-order valence-corrected chi connectivity index (χ1v) is 8.69. The second-order valence-corrected chi connectivity index (χ2v) is 7.78. The Morgan fingerprint density at radius 2 is 1.95 bits per heavy atom. The van der Waals surface area contributed by atoms with Crippen molar-refractivity contribution in [3.05, 3.63) is 24.3 Å². The van der Waals surface area contributed by atoms with Gasteiger partial charge < -0.3 is 9.84 Å². The van der Waals surface area contributed by atoms with Gasteiger partial charge in [-0.25, -0.2) is 13.1 Å². The van der Waals surface area contributed by atoms with Crippen LogP contribution in [0.1, 0.15) is 33.6 Å². The number of hydrogen-bond donors (Lipinski definition) is 2. The van der Waals surface area contributed by atoms with Crippen LogP contribution in [-0.4, -0.2) is 32.3 Å². The van der Waals surface area contributed by atoms with Crippen LogP contribution in [0.2, 0.25) is 0 Å². The smallest absolute Gasteiger partial charge is 0.240 e. The highest BCUT2D eigenvalue weighted by Crippen LogP contribution is 2.41. The van der Waals surface area contributed by atoms with Crippen LogP contribution < -0.4 is 9.46 Å². The zero-order valence-electron chi connectivity index (χ0n) is 12.7. The minimum Gasteiger partial charge on any atom is -0.494 e. The Labute approximate surface area is 126 Å². The van der Waals surface area contributed by atoms with Crippen LogP contribution in [0.25, 0.3) is 0 Å². The molecule has 2 rings (SSSR count). The van der Waals surface area contributed by atoms with E-state index in [1.54, 1.807) is 12.1 Å². The molecule has 118 valence electrons. The molecule has 1 fully saturated rings. The summed E-state index contributed by atoms with van der Waals surface area (Å²) < 4.78 is 32.7. The van der Waals surface area contributed by atoms with E-state index in [2.05, 4.69) is 4.72 Å². The summed E-state index contributed by atoms with van der Waals surface area (Å²) in [5, 5.41) is 9.68. The molecule has 1 aromatic rings. The molecule has 0 aliphatic heterocycles. The van der Waals surface area contributed by atoms with E-state index in [1.807, 2.05) is 20.8 Å². The second kappa shape index (κ2) is 5.94. The molecule has 1 saturated carbocycles. The first-order chi connectivity index (χ1) is 9.77. The topological polar surface area (TPSA) is 75.6 Å². The summed E-state index contributed by atoms with van der Waals surface area (Å²) in [7, 11) is -3.57. The molecule has 0 heterocycles. The van der Waals surface area contributed by atoms with Gasteiger partial charge in [0.15, 0.2) is 0 Å². The number of aliphatic hydroxyl groups excluding tert-OH is 1. The van der Waals surface area contributed by atoms with Gasteiger partial charge >= 0.3 is 0 Å². The van der Waals surface area contributed by atoms with Crippen molar-refractivity contribution in [3.63, 3.8) is 0 Å². The van der Waals surface area contributed by atoms with Gasteiger partial charge in [0.05, 0.1) is 17.6 Å². The lowest BCUT2D eigenvalue weighted by Crippen LogP contribution is -2.61. The molecule has 0 radical (unpaired) electrons. The number of ether oxygens (including phenoxy) is 1. The van der Waals surface area contributed by atoms with Crippen molar-refractivity contribution < 1.29 is 18.3 Å². The van der Waals surface area contributed by atoms with Gasteiger partial charge in [-0.05, 0) is 37.1 Å². The lowest BCUT2D eigenvalue weighted by Gasteiger charge is -2.49. The lowest BCUT2D eigenvalue weighted by molar-refractivity contribution is -0.0645. The van der Waals surface area contributed by atoms with Crippen molar-refractivity contribution in [2.45, 2.75) is 50.7 Å². The summed E-state index contributed by atoms with van der Waals surface area (Å²) >= 11 is 0. The van der Waals surface area contributed by atoms with Gasteiger partial charge in [-0.3, -0.25) is 0 Å². The predicted molar refractivity (Wildman–Crippen MR) is 80.7 cm³/mol. The molecule has 1 aliphatic rings. The number of nitrogens with one attached hydrogen (secondary N) is 1. The highest BCUT2D eigenvalue weighted by Gasteiger charge is 2.48. The van der Waals surface area contributed by atoms with Crippen molar-refractivity contribution in [3.8, 4) is 5.75 Å². The van der Waals surface area contributed by atoms with Gasteiger partial charge in [0, 0.05) is 11.5 Å². The van der Waals surface area contributed by atoms with E-state index in [1.165, 1.54) is 12.1 Å². The summed E-state index contributed by atoms with van der Waals surface area (Å²) in [4.78, 5) is 0.212. The van der Waals surface area contributed by atoms with E-state index in [9.17, 15) is 13.5 Å². The van der Waals surface area contributed by atoms with Crippen LogP contribution >= 0.6 is 0 Å². The predicted octanol–water partition coefficient (Wildman–Crippen LogP) is 1.91. The molecule has 5 nitrogen and oxygen atoms in total. The second-order valence-electron chi connectivity index (χ2n) is 6.07. The number of benzene rings is 1. The van der Waals surface area contributed by atoms with Gasteiger partial charge in [-0.1, -0.05) is 20.8 Å². The maximum atomic E-state index is 12.3. The minimum atomic E-state index is -3.57. The molecule has 0 aromatic heterocycles. The van der Waals surface area contributed by atoms with Crippen LogP contribution in [-0.2, 0) is 10.0 Å². The van der Waals surface area contributed by atoms with Crippen LogP contribution in [0.3, 0.4) is 0 Å². The summed E-state index contributed by atoms with van der Waals surface area (Å²) in [6.07, 6.45) is 0.889. The fourth-order valence-electron chi connectivity index (χ4n) is 2.29. The third-order valence-corrected chi connectivity index (χ3v) is 5.61. The molecule has 2 unspecified atom stereocenters. The van der Waals surface area contributed by atoms with Gasteiger partial charge in [0.2, 0.25) is 10.0 Å². The summed E-state index contributed by atoms with van der Waals surface area (Å²) in [6.45, 7) is 6.34. The minimum absolute atomic E-state index is 0.212. The quantitative estimate of drug-likeness (QED) is 0.841. The molecule has 1 aliphatic carbocycles. The average Bonchev–Trinajstić information content (AvgIpc) is 2.45. The first kappa shape index (κ1) is 16.3. The van der Waals surface area contributed by atoms with Crippen LogP contribution in [0.15, 0.2) is 29.2 Å². The molecule has 0 spiro atoms. The molecule has 2 N–H and O–H groups in total. The molecular formula is C15H23NO4S. The maximum absolute atomic E-state index is 12.3. The van der Waals surface area contributed by atoms with Crippen molar-refractivity contribution in [2.75, 3.05) is 6.61 Å². The molecule has 2 atom stereocenters. The van der Waals surface area contributed by atoms with E-state index >= 15 is 0 Å². The summed E-state index contributed by atoms with van der Waals surface area (Å²) in [5.74, 6) is 0.662. The van der Waals surface area contributed by atoms with Crippen LogP contribution in [0.5, 0.6) is 5.75 Å². The van der Waals surface area contributed by atoms with Gasteiger partial charge in [-0.15, -0.1) is 0 Å². The highest BCUT2D eigenvalue weighted by molar-refractivity contribution is 7.89. The van der Waals surface area contributed by atoms with E-state index in [0.717, 1.165) is 6.42 Å². The van der Waals surface area contributed by atoms with Crippen molar-refractivity contribution in [1.29, 1.82) is 0 Å². The largest absolute Gasteiger partial charge is 0.494 e. The van der Waals surface area contributed by atoms with Crippen LogP contribution in [0.4, 0.5) is 0 Å². The zero-order valence-corrected chi connectivity index (χ0v) is 13.5. The number of rotatable bonds is 6. The van der Waals surface area contributed by atoms with E-state index < -0.39 is 21.5 Å². The first-order valence-electron chi connectivity index (χ1n) is 7.20. The summed E-state index contributed by atoms with van der Waals surface area (Å²) in [6, 6.07) is 6.15. The average molecular weight is 313 g/mol. The Morgan fingerprint density at radius 3 is 2.43 bits per heavy atom. The Bertz CT molecular complexity index is 580. The normalized spacial score (nSPS) is 24.4. The number of aliphatic hydroxyl groups is 1. The van der Waals surface area contributed by atoms with Gasteiger partial charge in [-0.2, -0.15) is 0 Å². The third-order valence-electron chi connectivity index (χ3n) is 4.12. The molecule has 6 heteroatoms. The Hall–Kier alpha value is -1.11. The molecule has 0 bridgehead atoms. The molecular weight excluding hydrogens is 290 g/mol. The lowest BCUT2D eigenvalue weighted by atomic mass is 9.65. The third kappa shape index (κ3) is 3.39. The van der Waals surface area contributed by atoms with Crippen molar-refractivity contribution >= 4 is 10.0 Å². The van der Waals surface area contributed by atoms with Crippen LogP contribution in [0, 0.1) is 5.41 Å². The monoisotopic (exact) mass is 313 g/mol. The van der Waals surface area contributed by atoms with Crippen molar-refractivity contribution in [2.24, 2.45) is 5.41 Å². The molecule has 1 aromatic carbocycles.